The van der Waals surface area contributed by atoms with Crippen molar-refractivity contribution in [3.63, 3.8) is 0 Å². The van der Waals surface area contributed by atoms with E-state index in [2.05, 4.69) is 4.90 Å². The fourth-order valence-electron chi connectivity index (χ4n) is 4.10. The van der Waals surface area contributed by atoms with Crippen LogP contribution in [-0.4, -0.2) is 77.5 Å². The molecule has 1 amide bonds. The average Bonchev–Trinajstić information content (AvgIpc) is 2.89. The van der Waals surface area contributed by atoms with Gasteiger partial charge in [-0.2, -0.15) is 0 Å². The fraction of sp³-hybridized carbons (Fsp3) is 0.579. The van der Waals surface area contributed by atoms with Crippen molar-refractivity contribution in [3.05, 3.63) is 34.9 Å². The van der Waals surface area contributed by atoms with E-state index in [1.54, 1.807) is 26.1 Å². The average molecular weight is 380 g/mol. The van der Waals surface area contributed by atoms with Crippen molar-refractivity contribution < 1.29 is 14.7 Å². The summed E-state index contributed by atoms with van der Waals surface area (Å²) in [6.07, 6.45) is 0.303. The number of carbonyl (C=O) groups is 2. The lowest BCUT2D eigenvalue weighted by Crippen LogP contribution is -2.49. The topological polar surface area (TPSA) is 64.1 Å². The molecule has 142 valence electrons. The molecule has 0 saturated carbocycles. The summed E-state index contributed by atoms with van der Waals surface area (Å²) in [6, 6.07) is 7.08. The Morgan fingerprint density at radius 1 is 1.12 bits per heavy atom. The van der Waals surface area contributed by atoms with E-state index in [-0.39, 0.29) is 17.9 Å². The molecule has 26 heavy (non-hydrogen) atoms. The van der Waals surface area contributed by atoms with Crippen molar-refractivity contribution in [2.24, 2.45) is 5.92 Å². The van der Waals surface area contributed by atoms with Crippen LogP contribution in [0.1, 0.15) is 24.9 Å². The van der Waals surface area contributed by atoms with Gasteiger partial charge >= 0.3 is 5.97 Å². The molecule has 3 rings (SSSR count). The van der Waals surface area contributed by atoms with Crippen LogP contribution in [0, 0.1) is 5.92 Å². The minimum absolute atomic E-state index is 0.0508. The van der Waals surface area contributed by atoms with E-state index in [0.717, 1.165) is 18.7 Å². The Hall–Kier alpha value is -1.63. The highest BCUT2D eigenvalue weighted by atomic mass is 35.5. The number of carbonyl (C=O) groups excluding carboxylic acids is 1. The van der Waals surface area contributed by atoms with Gasteiger partial charge in [-0.1, -0.05) is 23.7 Å². The zero-order valence-electron chi connectivity index (χ0n) is 15.5. The quantitative estimate of drug-likeness (QED) is 0.869. The summed E-state index contributed by atoms with van der Waals surface area (Å²) in [4.78, 5) is 31.1. The third kappa shape index (κ3) is 3.33. The van der Waals surface area contributed by atoms with Crippen molar-refractivity contribution in [3.8, 4) is 0 Å². The highest BCUT2D eigenvalue weighted by Gasteiger charge is 2.55. The molecule has 6 nitrogen and oxygen atoms in total. The third-order valence-electron chi connectivity index (χ3n) is 6.00. The van der Waals surface area contributed by atoms with Crippen LogP contribution >= 0.6 is 11.6 Å². The molecule has 1 aromatic rings. The third-order valence-corrected chi connectivity index (χ3v) is 6.25. The molecule has 0 unspecified atom stereocenters. The Bertz CT molecular complexity index is 688. The molecule has 2 aliphatic rings. The smallest absolute Gasteiger partial charge is 0.323 e. The Morgan fingerprint density at radius 3 is 2.23 bits per heavy atom. The highest BCUT2D eigenvalue weighted by molar-refractivity contribution is 6.30. The largest absolute Gasteiger partial charge is 0.480 e. The van der Waals surface area contributed by atoms with E-state index in [1.807, 2.05) is 29.0 Å². The SMILES string of the molecule is CN1CCN(C(=O)[C@@H]2C[C@](C)(C(=O)O)N(C)[C@@H]2c2ccc(Cl)cc2)CC1. The summed E-state index contributed by atoms with van der Waals surface area (Å²) < 4.78 is 0. The molecule has 2 heterocycles. The summed E-state index contributed by atoms with van der Waals surface area (Å²) in [5, 5.41) is 10.4. The molecule has 1 N–H and O–H groups in total. The molecule has 0 radical (unpaired) electrons. The molecule has 7 heteroatoms. The molecule has 0 aromatic heterocycles. The zero-order valence-corrected chi connectivity index (χ0v) is 16.2. The molecule has 2 aliphatic heterocycles. The van der Waals surface area contributed by atoms with E-state index in [9.17, 15) is 14.7 Å². The number of nitrogens with zero attached hydrogens (tertiary/aromatic N) is 3. The van der Waals surface area contributed by atoms with Crippen LogP contribution in [0.4, 0.5) is 0 Å². The van der Waals surface area contributed by atoms with Gasteiger partial charge in [0.15, 0.2) is 0 Å². The Balaban J connectivity index is 1.93. The fourth-order valence-corrected chi connectivity index (χ4v) is 4.22. The molecule has 2 saturated heterocycles. The second-order valence-electron chi connectivity index (χ2n) is 7.63. The van der Waals surface area contributed by atoms with Crippen LogP contribution in [0.2, 0.25) is 5.02 Å². The Labute approximate surface area is 159 Å². The Morgan fingerprint density at radius 2 is 1.69 bits per heavy atom. The summed E-state index contributed by atoms with van der Waals surface area (Å²) in [5.74, 6) is -1.23. The number of carboxylic acid groups (broad SMARTS) is 1. The second kappa shape index (κ2) is 7.18. The zero-order chi connectivity index (χ0) is 19.1. The van der Waals surface area contributed by atoms with Crippen LogP contribution in [0.3, 0.4) is 0 Å². The molecule has 0 spiro atoms. The number of rotatable bonds is 3. The summed E-state index contributed by atoms with van der Waals surface area (Å²) in [7, 11) is 3.84. The van der Waals surface area contributed by atoms with Crippen LogP contribution in [0.5, 0.6) is 0 Å². The van der Waals surface area contributed by atoms with Crippen molar-refractivity contribution in [2.75, 3.05) is 40.3 Å². The molecular weight excluding hydrogens is 354 g/mol. The van der Waals surface area contributed by atoms with Crippen molar-refractivity contribution in [2.45, 2.75) is 24.9 Å². The molecule has 2 fully saturated rings. The van der Waals surface area contributed by atoms with Gasteiger partial charge in [0.2, 0.25) is 5.91 Å². The van der Waals surface area contributed by atoms with Gasteiger partial charge in [-0.3, -0.25) is 14.5 Å². The lowest BCUT2D eigenvalue weighted by Gasteiger charge is -2.36. The maximum Gasteiger partial charge on any atom is 0.323 e. The minimum Gasteiger partial charge on any atom is -0.480 e. The van der Waals surface area contributed by atoms with E-state index < -0.39 is 11.5 Å². The first-order valence-corrected chi connectivity index (χ1v) is 9.31. The Kier molecular flexibility index (Phi) is 5.28. The summed E-state index contributed by atoms with van der Waals surface area (Å²) in [5.41, 5.74) is -0.147. The maximum absolute atomic E-state index is 13.3. The van der Waals surface area contributed by atoms with E-state index in [0.29, 0.717) is 24.5 Å². The predicted octanol–water partition coefficient (Wildman–Crippen LogP) is 1.95. The number of halogens is 1. The number of hydrogen-bond donors (Lipinski definition) is 1. The van der Waals surface area contributed by atoms with Crippen LogP contribution in [-0.2, 0) is 9.59 Å². The lowest BCUT2D eigenvalue weighted by atomic mass is 9.89. The van der Waals surface area contributed by atoms with E-state index in [1.165, 1.54) is 0 Å². The summed E-state index contributed by atoms with van der Waals surface area (Å²) >= 11 is 6.01. The number of hydrogen-bond acceptors (Lipinski definition) is 4. The number of likely N-dealkylation sites (tertiary alicyclic amines) is 1. The first-order valence-electron chi connectivity index (χ1n) is 8.93. The molecular formula is C19H26ClN3O3. The minimum atomic E-state index is -1.07. The van der Waals surface area contributed by atoms with Gasteiger partial charge in [0, 0.05) is 37.2 Å². The standard InChI is InChI=1S/C19H26ClN3O3/c1-19(18(25)26)12-15(17(24)23-10-8-21(2)9-11-23)16(22(19)3)13-4-6-14(20)7-5-13/h4-7,15-16H,8-12H2,1-3H3,(H,25,26)/t15-,16-,19-/m1/s1. The second-order valence-corrected chi connectivity index (χ2v) is 8.06. The normalized spacial score (nSPS) is 30.5. The van der Waals surface area contributed by atoms with Gasteiger partial charge in [-0.15, -0.1) is 0 Å². The van der Waals surface area contributed by atoms with Crippen molar-refractivity contribution >= 4 is 23.5 Å². The van der Waals surface area contributed by atoms with E-state index in [4.69, 9.17) is 11.6 Å². The van der Waals surface area contributed by atoms with Gasteiger partial charge in [-0.25, -0.2) is 0 Å². The van der Waals surface area contributed by atoms with Crippen LogP contribution in [0.25, 0.3) is 0 Å². The van der Waals surface area contributed by atoms with Crippen LogP contribution < -0.4 is 0 Å². The monoisotopic (exact) mass is 379 g/mol. The van der Waals surface area contributed by atoms with Crippen molar-refractivity contribution in [1.29, 1.82) is 0 Å². The number of benzene rings is 1. The molecule has 1 aromatic carbocycles. The number of likely N-dealkylation sites (N-methyl/N-ethyl adjacent to an activating group) is 2. The number of piperazine rings is 1. The van der Waals surface area contributed by atoms with Gasteiger partial charge in [-0.05, 0) is 45.1 Å². The van der Waals surface area contributed by atoms with Gasteiger partial charge in [0.25, 0.3) is 0 Å². The predicted molar refractivity (Wildman–Crippen MR) is 100 cm³/mol. The number of amides is 1. The molecule has 0 aliphatic carbocycles. The maximum atomic E-state index is 13.3. The lowest BCUT2D eigenvalue weighted by molar-refractivity contribution is -0.148. The summed E-state index contributed by atoms with van der Waals surface area (Å²) in [6.45, 7) is 4.76. The van der Waals surface area contributed by atoms with Gasteiger partial charge in [0.05, 0.1) is 5.92 Å². The number of carboxylic acids is 1. The van der Waals surface area contributed by atoms with E-state index >= 15 is 0 Å². The molecule has 3 atom stereocenters. The molecule has 0 bridgehead atoms. The van der Waals surface area contributed by atoms with Gasteiger partial charge in [0.1, 0.15) is 5.54 Å². The number of aliphatic carboxylic acids is 1. The van der Waals surface area contributed by atoms with Crippen molar-refractivity contribution in [1.82, 2.24) is 14.7 Å². The first kappa shape index (κ1) is 19.1. The first-order chi connectivity index (χ1) is 12.2. The van der Waals surface area contributed by atoms with Crippen LogP contribution in [0.15, 0.2) is 24.3 Å². The van der Waals surface area contributed by atoms with Gasteiger partial charge < -0.3 is 14.9 Å². The highest BCUT2D eigenvalue weighted by Crippen LogP contribution is 2.46.